The molecule has 0 spiro atoms. The molecule has 45 heavy (non-hydrogen) atoms. The molecule has 3 aliphatic heterocycles. The van der Waals surface area contributed by atoms with E-state index in [1.54, 1.807) is 11.1 Å². The maximum absolute atomic E-state index is 14.7. The molecule has 6 rings (SSSR count). The van der Waals surface area contributed by atoms with Crippen molar-refractivity contribution in [3.63, 3.8) is 0 Å². The molecule has 0 N–H and O–H groups in total. The Morgan fingerprint density at radius 1 is 0.867 bits per heavy atom. The Bertz CT molecular complexity index is 1520. The first kappa shape index (κ1) is 31.3. The highest BCUT2D eigenvalue weighted by molar-refractivity contribution is 6.30. The summed E-state index contributed by atoms with van der Waals surface area (Å²) in [6.45, 7) is 7.15. The Morgan fingerprint density at radius 3 is 2.16 bits per heavy atom. The lowest BCUT2D eigenvalue weighted by Gasteiger charge is -2.39. The van der Waals surface area contributed by atoms with E-state index in [4.69, 9.17) is 37.7 Å². The summed E-state index contributed by atoms with van der Waals surface area (Å²) in [5, 5.41) is 1.22. The summed E-state index contributed by atoms with van der Waals surface area (Å²) in [7, 11) is 0. The molecule has 3 aromatic rings. The zero-order valence-corrected chi connectivity index (χ0v) is 26.7. The van der Waals surface area contributed by atoms with Crippen LogP contribution in [0.4, 0.5) is 4.79 Å². The van der Waals surface area contributed by atoms with Gasteiger partial charge in [0, 0.05) is 55.5 Å². The Kier molecular flexibility index (Phi) is 9.85. The fraction of sp³-hybridized carbons (Fsp3) is 0.394. The molecule has 1 aromatic heterocycles. The Hall–Kier alpha value is -3.70. The van der Waals surface area contributed by atoms with Crippen molar-refractivity contribution >= 4 is 41.0 Å². The first-order chi connectivity index (χ1) is 21.9. The molecule has 2 atom stereocenters. The van der Waals surface area contributed by atoms with Crippen molar-refractivity contribution in [3.05, 3.63) is 93.6 Å². The van der Waals surface area contributed by atoms with E-state index in [2.05, 4.69) is 9.88 Å². The van der Waals surface area contributed by atoms with Gasteiger partial charge in [0.1, 0.15) is 11.9 Å². The van der Waals surface area contributed by atoms with Gasteiger partial charge in [-0.2, -0.15) is 0 Å². The van der Waals surface area contributed by atoms with Gasteiger partial charge in [0.05, 0.1) is 38.0 Å². The molecule has 3 amide bonds. The fourth-order valence-electron chi connectivity index (χ4n) is 6.02. The van der Waals surface area contributed by atoms with Gasteiger partial charge in [-0.15, -0.1) is 0 Å². The van der Waals surface area contributed by atoms with E-state index in [0.717, 1.165) is 11.1 Å². The summed E-state index contributed by atoms with van der Waals surface area (Å²) >= 11 is 12.6. The normalized spacial score (nSPS) is 20.7. The standard InChI is InChI=1S/C33H36Cl2N6O4/c1-2-45-32-27(4-3-13-36-32)31-37-29(23-5-9-25(34)10-6-23)30(24-7-11-26(35)12-8-24)41(31)33(43)40-16-14-38(15-17-40)22-28(42)39-18-20-44-21-19-39/h3-13,29-30H,2,14-22H2,1H3. The largest absolute Gasteiger partial charge is 0.477 e. The number of piperazine rings is 1. The Balaban J connectivity index is 1.32. The zero-order chi connectivity index (χ0) is 31.3. The van der Waals surface area contributed by atoms with Gasteiger partial charge in [0.25, 0.3) is 0 Å². The second-order valence-corrected chi connectivity index (χ2v) is 12.0. The van der Waals surface area contributed by atoms with Crippen LogP contribution >= 0.6 is 23.2 Å². The summed E-state index contributed by atoms with van der Waals surface area (Å²) in [6, 6.07) is 17.7. The molecule has 10 nitrogen and oxygen atoms in total. The number of benzene rings is 2. The van der Waals surface area contributed by atoms with Crippen molar-refractivity contribution < 1.29 is 19.1 Å². The number of halogens is 2. The lowest BCUT2D eigenvalue weighted by atomic mass is 9.93. The second kappa shape index (κ2) is 14.2. The number of urea groups is 1. The van der Waals surface area contributed by atoms with E-state index >= 15 is 0 Å². The van der Waals surface area contributed by atoms with Crippen LogP contribution in [0.2, 0.25) is 10.0 Å². The van der Waals surface area contributed by atoms with Crippen LogP contribution in [-0.2, 0) is 9.53 Å². The highest BCUT2D eigenvalue weighted by Crippen LogP contribution is 2.45. The molecule has 0 aliphatic carbocycles. The number of hydrogen-bond donors (Lipinski definition) is 0. The summed E-state index contributed by atoms with van der Waals surface area (Å²) in [4.78, 5) is 44.8. The van der Waals surface area contributed by atoms with Crippen LogP contribution in [-0.4, -0.2) is 108 Å². The second-order valence-electron chi connectivity index (χ2n) is 11.1. The van der Waals surface area contributed by atoms with Gasteiger partial charge in [-0.1, -0.05) is 47.5 Å². The molecule has 0 radical (unpaired) electrons. The SMILES string of the molecule is CCOc1ncccc1C1=NC(c2ccc(Cl)cc2)C(c2ccc(Cl)cc2)N1C(=O)N1CCN(CC(=O)N2CCOCC2)CC1. The lowest BCUT2D eigenvalue weighted by molar-refractivity contribution is -0.136. The number of carbonyl (C=O) groups is 2. The van der Waals surface area contributed by atoms with Crippen molar-refractivity contribution in [3.8, 4) is 5.88 Å². The van der Waals surface area contributed by atoms with Gasteiger partial charge in [0.2, 0.25) is 11.8 Å². The number of morpholine rings is 1. The molecule has 0 bridgehead atoms. The lowest BCUT2D eigenvalue weighted by Crippen LogP contribution is -2.56. The smallest absolute Gasteiger partial charge is 0.326 e. The van der Waals surface area contributed by atoms with Crippen molar-refractivity contribution in [1.29, 1.82) is 0 Å². The number of pyridine rings is 1. The fourth-order valence-corrected chi connectivity index (χ4v) is 6.27. The topological polar surface area (TPSA) is 90.8 Å². The summed E-state index contributed by atoms with van der Waals surface area (Å²) < 4.78 is 11.3. The minimum absolute atomic E-state index is 0.0979. The van der Waals surface area contributed by atoms with Gasteiger partial charge < -0.3 is 19.3 Å². The molecule has 4 heterocycles. The monoisotopic (exact) mass is 650 g/mol. The van der Waals surface area contributed by atoms with E-state index in [0.29, 0.717) is 93.0 Å². The Labute approximate surface area is 273 Å². The molecule has 2 unspecified atom stereocenters. The van der Waals surface area contributed by atoms with E-state index < -0.39 is 12.1 Å². The number of rotatable bonds is 7. The van der Waals surface area contributed by atoms with Crippen LogP contribution < -0.4 is 4.74 Å². The highest BCUT2D eigenvalue weighted by atomic mass is 35.5. The van der Waals surface area contributed by atoms with Crippen molar-refractivity contribution in [2.24, 2.45) is 4.99 Å². The van der Waals surface area contributed by atoms with Gasteiger partial charge in [-0.25, -0.2) is 9.78 Å². The third kappa shape index (κ3) is 6.94. The zero-order valence-electron chi connectivity index (χ0n) is 25.1. The molecular formula is C33H36Cl2N6O4. The third-order valence-corrected chi connectivity index (χ3v) is 8.86. The molecule has 0 saturated carbocycles. The predicted octanol–water partition coefficient (Wildman–Crippen LogP) is 4.93. The molecule has 3 aliphatic rings. The quantitative estimate of drug-likeness (QED) is 0.360. The average Bonchev–Trinajstić information content (AvgIpc) is 3.46. The van der Waals surface area contributed by atoms with E-state index in [1.807, 2.05) is 77.4 Å². The summed E-state index contributed by atoms with van der Waals surface area (Å²) in [5.74, 6) is 0.997. The number of ether oxygens (including phenoxy) is 2. The minimum Gasteiger partial charge on any atom is -0.477 e. The van der Waals surface area contributed by atoms with Crippen molar-refractivity contribution in [1.82, 2.24) is 24.6 Å². The van der Waals surface area contributed by atoms with Crippen LogP contribution in [0, 0.1) is 0 Å². The number of aromatic nitrogens is 1. The molecule has 2 saturated heterocycles. The van der Waals surface area contributed by atoms with Gasteiger partial charge >= 0.3 is 6.03 Å². The molecule has 2 fully saturated rings. The van der Waals surface area contributed by atoms with Crippen LogP contribution in [0.3, 0.4) is 0 Å². The first-order valence-corrected chi connectivity index (χ1v) is 16.0. The minimum atomic E-state index is -0.471. The van der Waals surface area contributed by atoms with E-state index in [1.165, 1.54) is 0 Å². The number of amidine groups is 1. The highest BCUT2D eigenvalue weighted by Gasteiger charge is 2.45. The van der Waals surface area contributed by atoms with Crippen LogP contribution in [0.15, 0.2) is 71.9 Å². The van der Waals surface area contributed by atoms with E-state index in [9.17, 15) is 9.59 Å². The van der Waals surface area contributed by atoms with Crippen LogP contribution in [0.5, 0.6) is 5.88 Å². The predicted molar refractivity (Wildman–Crippen MR) is 173 cm³/mol. The summed E-state index contributed by atoms with van der Waals surface area (Å²) in [5.41, 5.74) is 2.45. The Morgan fingerprint density at radius 2 is 1.51 bits per heavy atom. The van der Waals surface area contributed by atoms with Crippen LogP contribution in [0.1, 0.15) is 35.7 Å². The average molecular weight is 652 g/mol. The summed E-state index contributed by atoms with van der Waals surface area (Å²) in [6.07, 6.45) is 1.67. The van der Waals surface area contributed by atoms with Gasteiger partial charge in [-0.05, 0) is 54.4 Å². The molecule has 2 aromatic carbocycles. The number of aliphatic imine (C=N–C) groups is 1. The maximum Gasteiger partial charge on any atom is 0.326 e. The number of nitrogens with zero attached hydrogens (tertiary/aromatic N) is 6. The molecular weight excluding hydrogens is 615 g/mol. The van der Waals surface area contributed by atoms with Gasteiger partial charge in [-0.3, -0.25) is 19.6 Å². The molecule has 12 heteroatoms. The maximum atomic E-state index is 14.7. The number of amides is 3. The van der Waals surface area contributed by atoms with E-state index in [-0.39, 0.29) is 11.9 Å². The number of hydrogen-bond acceptors (Lipinski definition) is 7. The molecule has 236 valence electrons. The van der Waals surface area contributed by atoms with Crippen molar-refractivity contribution in [2.45, 2.75) is 19.0 Å². The number of carbonyl (C=O) groups excluding carboxylic acids is 2. The van der Waals surface area contributed by atoms with Gasteiger partial charge in [0.15, 0.2) is 0 Å². The van der Waals surface area contributed by atoms with Crippen molar-refractivity contribution in [2.75, 3.05) is 65.6 Å². The van der Waals surface area contributed by atoms with Crippen LogP contribution in [0.25, 0.3) is 0 Å². The third-order valence-electron chi connectivity index (χ3n) is 8.35. The first-order valence-electron chi connectivity index (χ1n) is 15.3.